The second-order valence-electron chi connectivity index (χ2n) is 2.43. The Morgan fingerprint density at radius 3 is 3.36 bits per heavy atom. The Morgan fingerprint density at radius 2 is 2.55 bits per heavy atom. The highest BCUT2D eigenvalue weighted by Crippen LogP contribution is 2.25. The molecule has 1 aliphatic heterocycles. The van der Waals surface area contributed by atoms with Crippen molar-refractivity contribution in [1.82, 2.24) is 9.97 Å². The maximum atomic E-state index is 9.29. The normalized spacial score (nSPS) is 21.0. The minimum Gasteiger partial charge on any atom is -0.385 e. The van der Waals surface area contributed by atoms with Crippen LogP contribution >= 0.6 is 0 Å². The van der Waals surface area contributed by atoms with E-state index in [0.717, 1.165) is 0 Å². The molecule has 58 valence electrons. The highest BCUT2D eigenvalue weighted by Gasteiger charge is 2.22. The van der Waals surface area contributed by atoms with Gasteiger partial charge in [0.15, 0.2) is 5.82 Å². The maximum absolute atomic E-state index is 9.29. The zero-order valence-corrected chi connectivity index (χ0v) is 5.78. The summed E-state index contributed by atoms with van der Waals surface area (Å²) in [5.41, 5.74) is 5.93. The van der Waals surface area contributed by atoms with Crippen molar-refractivity contribution in [2.75, 3.05) is 17.6 Å². The molecule has 1 aromatic rings. The highest BCUT2D eigenvalue weighted by molar-refractivity contribution is 5.49. The molecule has 5 heteroatoms. The number of rotatable bonds is 0. The van der Waals surface area contributed by atoms with Crippen molar-refractivity contribution in [1.29, 1.82) is 0 Å². The molecule has 1 atom stereocenters. The third kappa shape index (κ3) is 0.894. The smallest absolute Gasteiger partial charge is 0.150 e. The summed E-state index contributed by atoms with van der Waals surface area (Å²) in [5.74, 6) is 0.971. The SMILES string of the molecule is Nc1cnc2c(n1)C(O)CN2. The van der Waals surface area contributed by atoms with Crippen LogP contribution in [-0.2, 0) is 0 Å². The van der Waals surface area contributed by atoms with Gasteiger partial charge in [0.25, 0.3) is 0 Å². The summed E-state index contributed by atoms with van der Waals surface area (Å²) in [6, 6.07) is 0. The van der Waals surface area contributed by atoms with Gasteiger partial charge in [0, 0.05) is 6.54 Å². The summed E-state index contributed by atoms with van der Waals surface area (Å²) >= 11 is 0. The minimum absolute atomic E-state index is 0.339. The van der Waals surface area contributed by atoms with Crippen LogP contribution in [0.15, 0.2) is 6.20 Å². The van der Waals surface area contributed by atoms with E-state index in [9.17, 15) is 5.11 Å². The molecule has 2 heterocycles. The Kier molecular flexibility index (Phi) is 1.19. The monoisotopic (exact) mass is 152 g/mol. The molecule has 0 aromatic carbocycles. The molecule has 1 aromatic heterocycles. The molecule has 0 spiro atoms. The van der Waals surface area contributed by atoms with Crippen LogP contribution in [0.2, 0.25) is 0 Å². The third-order valence-corrected chi connectivity index (χ3v) is 1.60. The molecule has 5 nitrogen and oxygen atoms in total. The summed E-state index contributed by atoms with van der Waals surface area (Å²) in [5, 5.41) is 12.2. The summed E-state index contributed by atoms with van der Waals surface area (Å²) < 4.78 is 0. The van der Waals surface area contributed by atoms with Gasteiger partial charge in [0.2, 0.25) is 0 Å². The van der Waals surface area contributed by atoms with E-state index >= 15 is 0 Å². The molecule has 0 amide bonds. The summed E-state index contributed by atoms with van der Waals surface area (Å²) in [6.07, 6.45) is 0.894. The number of hydrogen-bond donors (Lipinski definition) is 3. The average molecular weight is 152 g/mol. The van der Waals surface area contributed by atoms with Gasteiger partial charge in [-0.2, -0.15) is 0 Å². The van der Waals surface area contributed by atoms with Gasteiger partial charge >= 0.3 is 0 Å². The van der Waals surface area contributed by atoms with Crippen LogP contribution in [0.5, 0.6) is 0 Å². The van der Waals surface area contributed by atoms with Gasteiger partial charge in [-0.3, -0.25) is 0 Å². The molecule has 0 saturated heterocycles. The maximum Gasteiger partial charge on any atom is 0.150 e. The van der Waals surface area contributed by atoms with E-state index in [2.05, 4.69) is 15.3 Å². The molecule has 0 saturated carbocycles. The van der Waals surface area contributed by atoms with E-state index in [1.165, 1.54) is 6.20 Å². The number of nitrogens with one attached hydrogen (secondary N) is 1. The first-order chi connectivity index (χ1) is 5.27. The van der Waals surface area contributed by atoms with Gasteiger partial charge < -0.3 is 16.2 Å². The molecule has 0 bridgehead atoms. The van der Waals surface area contributed by atoms with Crippen LogP contribution in [-0.4, -0.2) is 21.6 Å². The summed E-state index contributed by atoms with van der Waals surface area (Å²) in [4.78, 5) is 7.89. The van der Waals surface area contributed by atoms with Crippen LogP contribution in [0.4, 0.5) is 11.6 Å². The fraction of sp³-hybridized carbons (Fsp3) is 0.333. The van der Waals surface area contributed by atoms with Gasteiger partial charge in [-0.15, -0.1) is 0 Å². The Labute approximate surface area is 63.3 Å². The lowest BCUT2D eigenvalue weighted by Gasteiger charge is -1.99. The Hall–Kier alpha value is -1.36. The van der Waals surface area contributed by atoms with Crippen LogP contribution < -0.4 is 11.1 Å². The minimum atomic E-state index is -0.569. The van der Waals surface area contributed by atoms with Crippen molar-refractivity contribution < 1.29 is 5.11 Å². The fourth-order valence-electron chi connectivity index (χ4n) is 1.08. The standard InChI is InChI=1S/C6H8N4O/c7-4-2-9-6-5(10-4)3(11)1-8-6/h2-3,11H,1H2,(H2,7,10)(H,8,9). The number of aliphatic hydroxyl groups excluding tert-OH is 1. The largest absolute Gasteiger partial charge is 0.385 e. The van der Waals surface area contributed by atoms with Crippen molar-refractivity contribution in [2.24, 2.45) is 0 Å². The van der Waals surface area contributed by atoms with Gasteiger partial charge in [-0.05, 0) is 0 Å². The molecule has 0 radical (unpaired) electrons. The first-order valence-corrected chi connectivity index (χ1v) is 3.32. The van der Waals surface area contributed by atoms with E-state index in [4.69, 9.17) is 5.73 Å². The molecule has 1 unspecified atom stereocenters. The number of nitrogen functional groups attached to an aromatic ring is 1. The quantitative estimate of drug-likeness (QED) is 0.467. The fourth-order valence-corrected chi connectivity index (χ4v) is 1.08. The van der Waals surface area contributed by atoms with E-state index < -0.39 is 6.10 Å². The Morgan fingerprint density at radius 1 is 1.73 bits per heavy atom. The summed E-state index contributed by atoms with van der Waals surface area (Å²) in [6.45, 7) is 0.471. The summed E-state index contributed by atoms with van der Waals surface area (Å²) in [7, 11) is 0. The van der Waals surface area contributed by atoms with Gasteiger partial charge in [-0.25, -0.2) is 9.97 Å². The Balaban J connectivity index is 2.52. The number of hydrogen-bond acceptors (Lipinski definition) is 5. The van der Waals surface area contributed by atoms with Crippen molar-refractivity contribution in [2.45, 2.75) is 6.10 Å². The predicted molar refractivity (Wildman–Crippen MR) is 39.9 cm³/mol. The highest BCUT2D eigenvalue weighted by atomic mass is 16.3. The van der Waals surface area contributed by atoms with E-state index in [1.807, 2.05) is 0 Å². The van der Waals surface area contributed by atoms with Gasteiger partial charge in [0.05, 0.1) is 6.20 Å². The molecular weight excluding hydrogens is 144 g/mol. The van der Waals surface area contributed by atoms with Crippen LogP contribution in [0.1, 0.15) is 11.8 Å². The zero-order chi connectivity index (χ0) is 7.84. The number of aromatic nitrogens is 2. The van der Waals surface area contributed by atoms with Gasteiger partial charge in [-0.1, -0.05) is 0 Å². The van der Waals surface area contributed by atoms with Crippen molar-refractivity contribution in [3.8, 4) is 0 Å². The predicted octanol–water partition coefficient (Wildman–Crippen LogP) is -0.482. The molecule has 4 N–H and O–H groups in total. The molecular formula is C6H8N4O. The molecule has 11 heavy (non-hydrogen) atoms. The van der Waals surface area contributed by atoms with Gasteiger partial charge in [0.1, 0.15) is 17.6 Å². The topological polar surface area (TPSA) is 84.1 Å². The van der Waals surface area contributed by atoms with Crippen molar-refractivity contribution >= 4 is 11.6 Å². The lowest BCUT2D eigenvalue weighted by Crippen LogP contribution is -2.01. The lowest BCUT2D eigenvalue weighted by molar-refractivity contribution is 0.195. The zero-order valence-electron chi connectivity index (χ0n) is 5.78. The number of aliphatic hydroxyl groups is 1. The first-order valence-electron chi connectivity index (χ1n) is 3.32. The number of fused-ring (bicyclic) bond motifs is 1. The second kappa shape index (κ2) is 2.06. The van der Waals surface area contributed by atoms with Crippen molar-refractivity contribution in [3.63, 3.8) is 0 Å². The van der Waals surface area contributed by atoms with E-state index in [1.54, 1.807) is 0 Å². The second-order valence-corrected chi connectivity index (χ2v) is 2.43. The first kappa shape index (κ1) is 6.36. The Bertz CT molecular complexity index is 288. The van der Waals surface area contributed by atoms with E-state index in [0.29, 0.717) is 23.9 Å². The third-order valence-electron chi connectivity index (χ3n) is 1.60. The number of nitrogens with two attached hydrogens (primary N) is 1. The number of nitrogens with zero attached hydrogens (tertiary/aromatic N) is 2. The number of anilines is 2. The molecule has 0 aliphatic carbocycles. The molecule has 2 rings (SSSR count). The van der Waals surface area contributed by atoms with Crippen LogP contribution in [0.3, 0.4) is 0 Å². The van der Waals surface area contributed by atoms with E-state index in [-0.39, 0.29) is 0 Å². The lowest BCUT2D eigenvalue weighted by atomic mass is 10.3. The van der Waals surface area contributed by atoms with Crippen molar-refractivity contribution in [3.05, 3.63) is 11.9 Å². The average Bonchev–Trinajstić information content (AvgIpc) is 2.33. The molecule has 0 fully saturated rings. The molecule has 1 aliphatic rings. The number of β-amino-alcohol motifs (C(OH)–C–C–N with tert-alkyl or cyclic N) is 1. The van der Waals surface area contributed by atoms with Crippen LogP contribution in [0, 0.1) is 0 Å². The van der Waals surface area contributed by atoms with Crippen LogP contribution in [0.25, 0.3) is 0 Å².